The lowest BCUT2D eigenvalue weighted by Crippen LogP contribution is -1.90. The van der Waals surface area contributed by atoms with Gasteiger partial charge in [-0.2, -0.15) is 0 Å². The van der Waals surface area contributed by atoms with Crippen LogP contribution in [0.5, 0.6) is 0 Å². The molecule has 0 saturated carbocycles. The molecule has 0 N–H and O–H groups in total. The highest BCUT2D eigenvalue weighted by Gasteiger charge is 2.08. The first kappa shape index (κ1) is 13.1. The van der Waals surface area contributed by atoms with Gasteiger partial charge in [-0.05, 0) is 30.2 Å². The molecule has 0 bridgehead atoms. The van der Waals surface area contributed by atoms with Gasteiger partial charge in [0.25, 0.3) is 0 Å². The lowest BCUT2D eigenvalue weighted by atomic mass is 10.1. The molecule has 0 amide bonds. The summed E-state index contributed by atoms with van der Waals surface area (Å²) in [7, 11) is 0. The van der Waals surface area contributed by atoms with Gasteiger partial charge < -0.3 is 4.42 Å². The Morgan fingerprint density at radius 2 is 1.45 bits per heavy atom. The van der Waals surface area contributed by atoms with Gasteiger partial charge in [-0.25, -0.2) is 0 Å². The highest BCUT2D eigenvalue weighted by Crippen LogP contribution is 2.31. The summed E-state index contributed by atoms with van der Waals surface area (Å²) in [4.78, 5) is 2.46. The van der Waals surface area contributed by atoms with Crippen LogP contribution in [0.1, 0.15) is 11.3 Å². The molecule has 2 aromatic carbocycles. The van der Waals surface area contributed by atoms with Gasteiger partial charge in [-0.15, -0.1) is 0 Å². The Bertz CT molecular complexity index is 643. The van der Waals surface area contributed by atoms with Crippen LogP contribution in [0.25, 0.3) is 0 Å². The minimum Gasteiger partial charge on any atom is -0.468 e. The molecule has 1 nitrogen and oxygen atoms in total. The molecule has 0 atom stereocenters. The zero-order valence-corrected chi connectivity index (χ0v) is 12.0. The third-order valence-corrected chi connectivity index (χ3v) is 4.25. The maximum atomic E-state index is 5.64. The van der Waals surface area contributed by atoms with E-state index in [1.807, 2.05) is 12.1 Å². The summed E-state index contributed by atoms with van der Waals surface area (Å²) in [6, 6.07) is 23.0. The van der Waals surface area contributed by atoms with Crippen molar-refractivity contribution in [3.05, 3.63) is 84.3 Å². The van der Waals surface area contributed by atoms with E-state index >= 15 is 0 Å². The molecule has 0 fully saturated rings. The van der Waals surface area contributed by atoms with Crippen molar-refractivity contribution in [3.8, 4) is 0 Å². The summed E-state index contributed by atoms with van der Waals surface area (Å²) < 4.78 is 5.64. The van der Waals surface area contributed by atoms with Crippen LogP contribution in [-0.2, 0) is 12.8 Å². The van der Waals surface area contributed by atoms with Gasteiger partial charge in [0, 0.05) is 11.3 Å². The average molecular weight is 280 g/mol. The van der Waals surface area contributed by atoms with Gasteiger partial charge in [-0.3, -0.25) is 0 Å². The SMILES string of the molecule is c1ccc(CCc2occc2Sc2ccccc2)cc1. The Hall–Kier alpha value is -1.93. The fourth-order valence-corrected chi connectivity index (χ4v) is 3.05. The van der Waals surface area contributed by atoms with E-state index in [0.717, 1.165) is 18.6 Å². The first-order chi connectivity index (χ1) is 9.92. The van der Waals surface area contributed by atoms with E-state index in [1.165, 1.54) is 15.4 Å². The fraction of sp³-hybridized carbons (Fsp3) is 0.111. The number of hydrogen-bond donors (Lipinski definition) is 0. The van der Waals surface area contributed by atoms with E-state index in [9.17, 15) is 0 Å². The molecule has 0 aliphatic rings. The summed E-state index contributed by atoms with van der Waals surface area (Å²) in [5.74, 6) is 1.07. The van der Waals surface area contributed by atoms with E-state index in [2.05, 4.69) is 54.6 Å². The van der Waals surface area contributed by atoms with Crippen molar-refractivity contribution < 1.29 is 4.42 Å². The van der Waals surface area contributed by atoms with Crippen LogP contribution in [0.3, 0.4) is 0 Å². The Morgan fingerprint density at radius 1 is 0.750 bits per heavy atom. The maximum Gasteiger partial charge on any atom is 0.117 e. The standard InChI is InChI=1S/C18H16OS/c1-3-7-15(8-4-1)11-12-17-18(13-14-19-17)20-16-9-5-2-6-10-16/h1-10,13-14H,11-12H2. The number of furan rings is 1. The molecule has 1 aromatic heterocycles. The van der Waals surface area contributed by atoms with Gasteiger partial charge in [-0.1, -0.05) is 60.3 Å². The van der Waals surface area contributed by atoms with Crippen molar-refractivity contribution in [1.29, 1.82) is 0 Å². The summed E-state index contributed by atoms with van der Waals surface area (Å²) in [5.41, 5.74) is 1.35. The van der Waals surface area contributed by atoms with Crippen LogP contribution in [-0.4, -0.2) is 0 Å². The molecule has 0 aliphatic carbocycles. The van der Waals surface area contributed by atoms with E-state index < -0.39 is 0 Å². The molecule has 0 radical (unpaired) electrons. The fourth-order valence-electron chi connectivity index (χ4n) is 2.12. The van der Waals surface area contributed by atoms with Crippen molar-refractivity contribution >= 4 is 11.8 Å². The van der Waals surface area contributed by atoms with Crippen LogP contribution in [0.4, 0.5) is 0 Å². The number of aryl methyl sites for hydroxylation is 2. The first-order valence-electron chi connectivity index (χ1n) is 6.75. The van der Waals surface area contributed by atoms with Crippen molar-refractivity contribution in [1.82, 2.24) is 0 Å². The molecule has 3 rings (SSSR count). The van der Waals surface area contributed by atoms with Crippen molar-refractivity contribution in [2.24, 2.45) is 0 Å². The van der Waals surface area contributed by atoms with Gasteiger partial charge in [0.1, 0.15) is 5.76 Å². The number of hydrogen-bond acceptors (Lipinski definition) is 2. The number of rotatable bonds is 5. The minimum atomic E-state index is 0.937. The lowest BCUT2D eigenvalue weighted by Gasteiger charge is -2.03. The van der Waals surface area contributed by atoms with Gasteiger partial charge in [0.2, 0.25) is 0 Å². The predicted octanol–water partition coefficient (Wildman–Crippen LogP) is 5.22. The molecule has 20 heavy (non-hydrogen) atoms. The van der Waals surface area contributed by atoms with E-state index in [4.69, 9.17) is 4.42 Å². The zero-order valence-electron chi connectivity index (χ0n) is 11.2. The van der Waals surface area contributed by atoms with Crippen LogP contribution in [0.15, 0.2) is 87.2 Å². The van der Waals surface area contributed by atoms with E-state index in [1.54, 1.807) is 18.0 Å². The molecule has 0 aliphatic heterocycles. The molecule has 2 heteroatoms. The Balaban J connectivity index is 1.68. The average Bonchev–Trinajstić information content (AvgIpc) is 2.94. The smallest absolute Gasteiger partial charge is 0.117 e. The summed E-state index contributed by atoms with van der Waals surface area (Å²) in [5, 5.41) is 0. The quantitative estimate of drug-likeness (QED) is 0.636. The third-order valence-electron chi connectivity index (χ3n) is 3.16. The molecule has 100 valence electrons. The first-order valence-corrected chi connectivity index (χ1v) is 7.57. The van der Waals surface area contributed by atoms with Crippen LogP contribution in [0.2, 0.25) is 0 Å². The van der Waals surface area contributed by atoms with Gasteiger partial charge >= 0.3 is 0 Å². The second kappa shape index (κ2) is 6.49. The van der Waals surface area contributed by atoms with Crippen molar-refractivity contribution in [2.45, 2.75) is 22.6 Å². The normalized spacial score (nSPS) is 10.6. The van der Waals surface area contributed by atoms with Crippen LogP contribution in [0, 0.1) is 0 Å². The van der Waals surface area contributed by atoms with E-state index in [0.29, 0.717) is 0 Å². The topological polar surface area (TPSA) is 13.1 Å². The zero-order chi connectivity index (χ0) is 13.6. The summed E-state index contributed by atoms with van der Waals surface area (Å²) in [6.07, 6.45) is 3.73. The lowest BCUT2D eigenvalue weighted by molar-refractivity contribution is 0.500. The minimum absolute atomic E-state index is 0.937. The Morgan fingerprint density at radius 3 is 2.20 bits per heavy atom. The van der Waals surface area contributed by atoms with Crippen LogP contribution >= 0.6 is 11.8 Å². The molecule has 0 spiro atoms. The third kappa shape index (κ3) is 3.34. The molecular weight excluding hydrogens is 264 g/mol. The summed E-state index contributed by atoms with van der Waals surface area (Å²) >= 11 is 1.76. The molecule has 0 unspecified atom stereocenters. The van der Waals surface area contributed by atoms with E-state index in [-0.39, 0.29) is 0 Å². The molecule has 0 saturated heterocycles. The largest absolute Gasteiger partial charge is 0.468 e. The summed E-state index contributed by atoms with van der Waals surface area (Å²) in [6.45, 7) is 0. The number of benzene rings is 2. The Labute approximate surface area is 123 Å². The van der Waals surface area contributed by atoms with Gasteiger partial charge in [0.15, 0.2) is 0 Å². The second-order valence-electron chi connectivity index (χ2n) is 4.61. The highest BCUT2D eigenvalue weighted by atomic mass is 32.2. The van der Waals surface area contributed by atoms with Crippen molar-refractivity contribution in [3.63, 3.8) is 0 Å². The molecule has 3 aromatic rings. The monoisotopic (exact) mass is 280 g/mol. The van der Waals surface area contributed by atoms with Crippen LogP contribution < -0.4 is 0 Å². The van der Waals surface area contributed by atoms with Gasteiger partial charge in [0.05, 0.1) is 11.2 Å². The second-order valence-corrected chi connectivity index (χ2v) is 5.72. The Kier molecular flexibility index (Phi) is 4.24. The highest BCUT2D eigenvalue weighted by molar-refractivity contribution is 7.99. The predicted molar refractivity (Wildman–Crippen MR) is 83.1 cm³/mol. The molecule has 1 heterocycles. The molecular formula is C18H16OS. The maximum absolute atomic E-state index is 5.64. The van der Waals surface area contributed by atoms with Crippen molar-refractivity contribution in [2.75, 3.05) is 0 Å².